The van der Waals surface area contributed by atoms with Gasteiger partial charge in [0.15, 0.2) is 0 Å². The predicted molar refractivity (Wildman–Crippen MR) is 106 cm³/mol. The molecule has 2 saturated carbocycles. The maximum Gasteiger partial charge on any atom is -0.0162 e. The third-order valence-corrected chi connectivity index (χ3v) is 6.92. The Morgan fingerprint density at radius 1 is 0.792 bits per heavy atom. The highest BCUT2D eigenvalue weighted by molar-refractivity contribution is 5.58. The van der Waals surface area contributed by atoms with E-state index in [0.717, 1.165) is 23.7 Å². The highest BCUT2D eigenvalue weighted by Crippen LogP contribution is 2.44. The van der Waals surface area contributed by atoms with Crippen molar-refractivity contribution >= 4 is 6.08 Å². The Kier molecular flexibility index (Phi) is 5.85. The van der Waals surface area contributed by atoms with Crippen LogP contribution in [0.4, 0.5) is 0 Å². The standard InChI is InChI=1S/C24H36/c1-5-6-24-18(3)15-23(16-19(24)4)22-13-11-21(12-14-22)20-9-7-17(2)8-10-20/h5-6,15-17,20-22H,7-14H2,1-4H3/b6-5+. The third kappa shape index (κ3) is 3.95. The quantitative estimate of drug-likeness (QED) is 0.542. The van der Waals surface area contributed by atoms with Crippen molar-refractivity contribution in [2.45, 2.75) is 85.0 Å². The fourth-order valence-electron chi connectivity index (χ4n) is 5.35. The average Bonchev–Trinajstić information content (AvgIpc) is 2.59. The summed E-state index contributed by atoms with van der Waals surface area (Å²) in [5, 5.41) is 0. The first-order chi connectivity index (χ1) is 11.6. The Labute approximate surface area is 149 Å². The van der Waals surface area contributed by atoms with Gasteiger partial charge in [0.2, 0.25) is 0 Å². The van der Waals surface area contributed by atoms with Crippen molar-refractivity contribution in [1.82, 2.24) is 0 Å². The van der Waals surface area contributed by atoms with Crippen molar-refractivity contribution in [3.05, 3.63) is 40.5 Å². The Balaban J connectivity index is 1.62. The lowest BCUT2D eigenvalue weighted by Gasteiger charge is -2.37. The van der Waals surface area contributed by atoms with Crippen LogP contribution in [0.15, 0.2) is 18.2 Å². The fraction of sp³-hybridized carbons (Fsp3) is 0.667. The molecule has 0 heterocycles. The second-order valence-corrected chi connectivity index (χ2v) is 8.70. The van der Waals surface area contributed by atoms with Gasteiger partial charge in [0.25, 0.3) is 0 Å². The highest BCUT2D eigenvalue weighted by atomic mass is 14.4. The minimum atomic E-state index is 0.806. The van der Waals surface area contributed by atoms with E-state index in [4.69, 9.17) is 0 Å². The molecule has 0 saturated heterocycles. The lowest BCUT2D eigenvalue weighted by Crippen LogP contribution is -2.24. The predicted octanol–water partition coefficient (Wildman–Crippen LogP) is 7.44. The molecule has 0 nitrogen and oxygen atoms in total. The smallest absolute Gasteiger partial charge is 0.0162 e. The van der Waals surface area contributed by atoms with E-state index in [0.29, 0.717) is 0 Å². The van der Waals surface area contributed by atoms with Crippen molar-refractivity contribution < 1.29 is 0 Å². The first-order valence-electron chi connectivity index (χ1n) is 10.3. The van der Waals surface area contributed by atoms with Gasteiger partial charge in [0.1, 0.15) is 0 Å². The van der Waals surface area contributed by atoms with Gasteiger partial charge in [0, 0.05) is 0 Å². The van der Waals surface area contributed by atoms with Crippen LogP contribution in [0.3, 0.4) is 0 Å². The van der Waals surface area contributed by atoms with Gasteiger partial charge in [-0.3, -0.25) is 0 Å². The van der Waals surface area contributed by atoms with E-state index in [-0.39, 0.29) is 0 Å². The molecule has 24 heavy (non-hydrogen) atoms. The van der Waals surface area contributed by atoms with Gasteiger partial charge in [0.05, 0.1) is 0 Å². The molecule has 0 bridgehead atoms. The number of allylic oxidation sites excluding steroid dienone is 1. The summed E-state index contributed by atoms with van der Waals surface area (Å²) in [5.74, 6) is 3.86. The van der Waals surface area contributed by atoms with Crippen LogP contribution in [-0.2, 0) is 0 Å². The van der Waals surface area contributed by atoms with E-state index in [9.17, 15) is 0 Å². The average molecular weight is 325 g/mol. The summed E-state index contributed by atoms with van der Waals surface area (Å²) in [6.07, 6.45) is 16.2. The molecule has 2 aliphatic carbocycles. The summed E-state index contributed by atoms with van der Waals surface area (Å²) in [4.78, 5) is 0. The number of rotatable bonds is 3. The zero-order valence-corrected chi connectivity index (χ0v) is 16.3. The summed E-state index contributed by atoms with van der Waals surface area (Å²) in [6.45, 7) is 9.11. The molecule has 0 aromatic heterocycles. The number of benzene rings is 1. The van der Waals surface area contributed by atoms with Crippen LogP contribution in [0, 0.1) is 31.6 Å². The van der Waals surface area contributed by atoms with E-state index in [1.165, 1.54) is 68.1 Å². The maximum atomic E-state index is 2.47. The molecule has 0 heteroatoms. The van der Waals surface area contributed by atoms with Crippen LogP contribution >= 0.6 is 0 Å². The molecule has 0 N–H and O–H groups in total. The lowest BCUT2D eigenvalue weighted by molar-refractivity contribution is 0.165. The number of hydrogen-bond donors (Lipinski definition) is 0. The van der Waals surface area contributed by atoms with Crippen molar-refractivity contribution in [3.63, 3.8) is 0 Å². The molecule has 1 aromatic carbocycles. The zero-order chi connectivity index (χ0) is 17.1. The van der Waals surface area contributed by atoms with E-state index in [1.807, 2.05) is 0 Å². The van der Waals surface area contributed by atoms with Crippen LogP contribution < -0.4 is 0 Å². The molecular weight excluding hydrogens is 288 g/mol. The molecule has 0 aliphatic heterocycles. The molecule has 0 atom stereocenters. The Morgan fingerprint density at radius 3 is 1.79 bits per heavy atom. The van der Waals surface area contributed by atoms with Crippen molar-refractivity contribution in [2.24, 2.45) is 17.8 Å². The molecule has 1 aromatic rings. The minimum absolute atomic E-state index is 0.806. The van der Waals surface area contributed by atoms with Crippen molar-refractivity contribution in [2.75, 3.05) is 0 Å². The molecule has 0 amide bonds. The zero-order valence-electron chi connectivity index (χ0n) is 16.3. The first-order valence-corrected chi connectivity index (χ1v) is 10.3. The van der Waals surface area contributed by atoms with E-state index < -0.39 is 0 Å². The van der Waals surface area contributed by atoms with Gasteiger partial charge >= 0.3 is 0 Å². The topological polar surface area (TPSA) is 0 Å². The van der Waals surface area contributed by atoms with Gasteiger partial charge in [-0.2, -0.15) is 0 Å². The Bertz CT molecular complexity index is 541. The monoisotopic (exact) mass is 324 g/mol. The van der Waals surface area contributed by atoms with Crippen LogP contribution in [0.25, 0.3) is 6.08 Å². The number of hydrogen-bond acceptors (Lipinski definition) is 0. The lowest BCUT2D eigenvalue weighted by atomic mass is 9.68. The normalized spacial score (nSPS) is 31.5. The molecule has 132 valence electrons. The van der Waals surface area contributed by atoms with Gasteiger partial charge in [-0.1, -0.05) is 44.1 Å². The Morgan fingerprint density at radius 2 is 1.29 bits per heavy atom. The Hall–Kier alpha value is -1.04. The second kappa shape index (κ2) is 7.89. The van der Waals surface area contributed by atoms with Gasteiger partial charge in [-0.15, -0.1) is 0 Å². The third-order valence-electron chi connectivity index (χ3n) is 6.92. The first kappa shape index (κ1) is 17.8. The van der Waals surface area contributed by atoms with Crippen LogP contribution in [0.5, 0.6) is 0 Å². The van der Waals surface area contributed by atoms with Crippen LogP contribution in [0.2, 0.25) is 0 Å². The summed E-state index contributed by atoms with van der Waals surface area (Å²) >= 11 is 0. The summed E-state index contributed by atoms with van der Waals surface area (Å²) in [5.41, 5.74) is 5.93. The van der Waals surface area contributed by atoms with Gasteiger partial charge in [-0.05, 0) is 105 Å². The summed E-state index contributed by atoms with van der Waals surface area (Å²) < 4.78 is 0. The molecule has 2 aliphatic rings. The fourth-order valence-corrected chi connectivity index (χ4v) is 5.35. The van der Waals surface area contributed by atoms with Crippen molar-refractivity contribution in [3.8, 4) is 0 Å². The summed E-state index contributed by atoms with van der Waals surface area (Å²) in [6, 6.07) is 4.94. The molecule has 2 fully saturated rings. The van der Waals surface area contributed by atoms with E-state index in [2.05, 4.69) is 52.0 Å². The molecule has 0 radical (unpaired) electrons. The largest absolute Gasteiger partial charge is 0.0870 e. The van der Waals surface area contributed by atoms with Gasteiger partial charge in [-0.25, -0.2) is 0 Å². The SMILES string of the molecule is C/C=C/c1c(C)cc(C2CCC(C3CCC(C)CC3)CC2)cc1C. The molecular formula is C24H36. The summed E-state index contributed by atoms with van der Waals surface area (Å²) in [7, 11) is 0. The highest BCUT2D eigenvalue weighted by Gasteiger charge is 2.30. The molecule has 0 unspecified atom stereocenters. The maximum absolute atomic E-state index is 2.47. The molecule has 0 spiro atoms. The van der Waals surface area contributed by atoms with Crippen LogP contribution in [0.1, 0.15) is 93.4 Å². The van der Waals surface area contributed by atoms with E-state index in [1.54, 1.807) is 5.56 Å². The second-order valence-electron chi connectivity index (χ2n) is 8.70. The minimum Gasteiger partial charge on any atom is -0.0870 e. The van der Waals surface area contributed by atoms with Gasteiger partial charge < -0.3 is 0 Å². The van der Waals surface area contributed by atoms with E-state index >= 15 is 0 Å². The van der Waals surface area contributed by atoms with Crippen molar-refractivity contribution in [1.29, 1.82) is 0 Å². The van der Waals surface area contributed by atoms with Crippen LogP contribution in [-0.4, -0.2) is 0 Å². The number of aryl methyl sites for hydroxylation is 2. The molecule has 3 rings (SSSR count).